The summed E-state index contributed by atoms with van der Waals surface area (Å²) in [5.41, 5.74) is 4.11. The summed E-state index contributed by atoms with van der Waals surface area (Å²) in [5.74, 6) is 0. The monoisotopic (exact) mass is 255 g/mol. The van der Waals surface area contributed by atoms with Gasteiger partial charge in [-0.3, -0.25) is 0 Å². The van der Waals surface area contributed by atoms with Crippen molar-refractivity contribution >= 4 is 17.3 Å². The third-order valence-corrected chi connectivity index (χ3v) is 3.47. The number of nitrogens with one attached hydrogen (secondary N) is 1. The molecule has 4 nitrogen and oxygen atoms in total. The van der Waals surface area contributed by atoms with Crippen LogP contribution in [-0.4, -0.2) is 32.7 Å². The Balaban J connectivity index is 2.32. The average molecular weight is 255 g/mol. The Bertz CT molecular complexity index is 331. The molecule has 0 aromatic carbocycles. The number of thiocarbonyl (C=S) groups is 1. The van der Waals surface area contributed by atoms with Crippen molar-refractivity contribution in [2.24, 2.45) is 5.73 Å². The van der Waals surface area contributed by atoms with E-state index in [1.54, 1.807) is 0 Å². The van der Waals surface area contributed by atoms with Crippen LogP contribution in [0.25, 0.3) is 0 Å². The molecule has 8 heteroatoms. The van der Waals surface area contributed by atoms with E-state index in [0.29, 0.717) is 17.9 Å². The van der Waals surface area contributed by atoms with E-state index in [1.807, 2.05) is 0 Å². The largest absolute Gasteiger partial charge is 0.438 e. The SMILES string of the molecule is NC(=S)N1NC2(CCC2)C[C@@]1(O)C(F)(F)F. The normalized spacial score (nSPS) is 32.9. The highest BCUT2D eigenvalue weighted by Crippen LogP contribution is 2.49. The van der Waals surface area contributed by atoms with Crippen LogP contribution in [0.3, 0.4) is 0 Å². The Kier molecular flexibility index (Phi) is 2.38. The Morgan fingerprint density at radius 1 is 1.44 bits per heavy atom. The molecular formula is C8H12F3N3OS. The van der Waals surface area contributed by atoms with Crippen molar-refractivity contribution in [2.75, 3.05) is 0 Å². The van der Waals surface area contributed by atoms with Crippen LogP contribution in [0.5, 0.6) is 0 Å². The topological polar surface area (TPSA) is 61.5 Å². The predicted octanol–water partition coefficient (Wildman–Crippen LogP) is 0.614. The van der Waals surface area contributed by atoms with Gasteiger partial charge in [0.1, 0.15) is 0 Å². The summed E-state index contributed by atoms with van der Waals surface area (Å²) in [4.78, 5) is 0. The molecule has 92 valence electrons. The molecule has 0 unspecified atom stereocenters. The maximum atomic E-state index is 12.8. The smallest absolute Gasteiger partial charge is 0.375 e. The third-order valence-electron chi connectivity index (χ3n) is 3.29. The second-order valence-corrected chi connectivity index (χ2v) is 4.83. The first kappa shape index (κ1) is 11.9. The molecule has 2 rings (SSSR count). The van der Waals surface area contributed by atoms with E-state index in [9.17, 15) is 18.3 Å². The zero-order valence-corrected chi connectivity index (χ0v) is 9.16. The van der Waals surface area contributed by atoms with E-state index in [4.69, 9.17) is 5.73 Å². The molecule has 1 heterocycles. The molecule has 1 saturated heterocycles. The third kappa shape index (κ3) is 1.47. The van der Waals surface area contributed by atoms with Crippen LogP contribution in [0.1, 0.15) is 25.7 Å². The lowest BCUT2D eigenvalue weighted by Gasteiger charge is -2.38. The van der Waals surface area contributed by atoms with Gasteiger partial charge in [0.25, 0.3) is 5.72 Å². The minimum Gasteiger partial charge on any atom is -0.375 e. The molecule has 1 atom stereocenters. The molecular weight excluding hydrogens is 243 g/mol. The molecule has 0 bridgehead atoms. The van der Waals surface area contributed by atoms with Crippen molar-refractivity contribution in [1.29, 1.82) is 0 Å². The van der Waals surface area contributed by atoms with E-state index in [-0.39, 0.29) is 0 Å². The van der Waals surface area contributed by atoms with Crippen LogP contribution in [-0.2, 0) is 0 Å². The number of hydrogen-bond acceptors (Lipinski definition) is 3. The van der Waals surface area contributed by atoms with Gasteiger partial charge < -0.3 is 10.8 Å². The molecule has 1 aliphatic carbocycles. The van der Waals surface area contributed by atoms with Gasteiger partial charge in [-0.05, 0) is 31.5 Å². The van der Waals surface area contributed by atoms with Crippen molar-refractivity contribution in [2.45, 2.75) is 43.1 Å². The zero-order valence-electron chi connectivity index (χ0n) is 8.34. The van der Waals surface area contributed by atoms with Gasteiger partial charge in [-0.2, -0.15) is 13.2 Å². The maximum absolute atomic E-state index is 12.8. The molecule has 1 saturated carbocycles. The van der Waals surface area contributed by atoms with Gasteiger partial charge in [0, 0.05) is 12.0 Å². The number of nitrogens with zero attached hydrogens (tertiary/aromatic N) is 1. The van der Waals surface area contributed by atoms with Crippen LogP contribution in [0.4, 0.5) is 13.2 Å². The van der Waals surface area contributed by atoms with Crippen molar-refractivity contribution in [1.82, 2.24) is 10.4 Å². The lowest BCUT2D eigenvalue weighted by Crippen LogP contribution is -2.62. The van der Waals surface area contributed by atoms with Gasteiger partial charge in [-0.15, -0.1) is 0 Å². The second-order valence-electron chi connectivity index (χ2n) is 4.41. The van der Waals surface area contributed by atoms with Gasteiger partial charge in [0.05, 0.1) is 0 Å². The fourth-order valence-electron chi connectivity index (χ4n) is 2.28. The highest BCUT2D eigenvalue weighted by atomic mass is 32.1. The minimum atomic E-state index is -4.79. The lowest BCUT2D eigenvalue weighted by atomic mass is 9.74. The van der Waals surface area contributed by atoms with E-state index >= 15 is 0 Å². The molecule has 0 amide bonds. The van der Waals surface area contributed by atoms with E-state index in [1.165, 1.54) is 0 Å². The van der Waals surface area contributed by atoms with Crippen molar-refractivity contribution in [3.63, 3.8) is 0 Å². The summed E-state index contributed by atoms with van der Waals surface area (Å²) in [6.07, 6.45) is -3.20. The summed E-state index contributed by atoms with van der Waals surface area (Å²) < 4.78 is 38.4. The minimum absolute atomic E-state index is 0.430. The molecule has 2 fully saturated rings. The number of halogens is 3. The average Bonchev–Trinajstić information content (AvgIpc) is 2.38. The molecule has 4 N–H and O–H groups in total. The molecule has 2 aliphatic rings. The number of nitrogens with two attached hydrogens (primary N) is 1. The first-order valence-electron chi connectivity index (χ1n) is 4.87. The molecule has 16 heavy (non-hydrogen) atoms. The molecule has 0 aromatic heterocycles. The summed E-state index contributed by atoms with van der Waals surface area (Å²) in [5, 5.41) is 9.71. The highest BCUT2D eigenvalue weighted by Gasteiger charge is 2.67. The summed E-state index contributed by atoms with van der Waals surface area (Å²) in [7, 11) is 0. The maximum Gasteiger partial charge on any atom is 0.438 e. The van der Waals surface area contributed by atoms with Crippen LogP contribution >= 0.6 is 12.2 Å². The Labute approximate surface area is 95.6 Å². The standard InChI is InChI=1S/C8H12F3N3OS/c9-8(10,11)7(15)4-6(2-1-3-6)13-14(7)5(12)16/h13,15H,1-4H2,(H2,12,16)/t7-/m1/s1. The van der Waals surface area contributed by atoms with Gasteiger partial charge in [-0.25, -0.2) is 10.4 Å². The Morgan fingerprint density at radius 2 is 2.00 bits per heavy atom. The van der Waals surface area contributed by atoms with Crippen molar-refractivity contribution < 1.29 is 18.3 Å². The van der Waals surface area contributed by atoms with E-state index in [2.05, 4.69) is 17.6 Å². The van der Waals surface area contributed by atoms with Crippen LogP contribution in [0, 0.1) is 0 Å². The highest BCUT2D eigenvalue weighted by molar-refractivity contribution is 7.80. The zero-order chi connectivity index (χ0) is 12.2. The number of aliphatic hydroxyl groups is 1. The molecule has 0 aromatic rings. The fraction of sp³-hybridized carbons (Fsp3) is 0.875. The number of hydrogen-bond donors (Lipinski definition) is 3. The van der Waals surface area contributed by atoms with Crippen molar-refractivity contribution in [3.05, 3.63) is 0 Å². The number of rotatable bonds is 0. The molecule has 1 spiro atoms. The van der Waals surface area contributed by atoms with Gasteiger partial charge in [-0.1, -0.05) is 0 Å². The van der Waals surface area contributed by atoms with Gasteiger partial charge >= 0.3 is 6.18 Å². The molecule has 0 radical (unpaired) electrons. The van der Waals surface area contributed by atoms with Crippen LogP contribution in [0.15, 0.2) is 0 Å². The number of alkyl halides is 3. The van der Waals surface area contributed by atoms with Gasteiger partial charge in [0.2, 0.25) is 0 Å². The molecule has 1 aliphatic heterocycles. The Morgan fingerprint density at radius 3 is 2.25 bits per heavy atom. The summed E-state index contributed by atoms with van der Waals surface area (Å²) in [6.45, 7) is 0. The summed E-state index contributed by atoms with van der Waals surface area (Å²) in [6, 6.07) is 0. The first-order valence-corrected chi connectivity index (χ1v) is 5.28. The predicted molar refractivity (Wildman–Crippen MR) is 54.0 cm³/mol. The van der Waals surface area contributed by atoms with E-state index < -0.39 is 29.0 Å². The lowest BCUT2D eigenvalue weighted by molar-refractivity contribution is -0.297. The van der Waals surface area contributed by atoms with Crippen LogP contribution < -0.4 is 11.2 Å². The number of hydrazine groups is 1. The fourth-order valence-corrected chi connectivity index (χ4v) is 2.47. The van der Waals surface area contributed by atoms with E-state index in [0.717, 1.165) is 6.42 Å². The van der Waals surface area contributed by atoms with Crippen LogP contribution in [0.2, 0.25) is 0 Å². The Hall–Kier alpha value is -0.600. The van der Waals surface area contributed by atoms with Crippen molar-refractivity contribution in [3.8, 4) is 0 Å². The second kappa shape index (κ2) is 3.21. The van der Waals surface area contributed by atoms with Gasteiger partial charge in [0.15, 0.2) is 5.11 Å². The first-order chi connectivity index (χ1) is 7.20. The quantitative estimate of drug-likeness (QED) is 0.554. The summed E-state index contributed by atoms with van der Waals surface area (Å²) >= 11 is 4.53.